The molecule has 0 rings (SSSR count). The summed E-state index contributed by atoms with van der Waals surface area (Å²) in [5, 5.41) is 13.9. The molecule has 0 saturated carbocycles. The lowest BCUT2D eigenvalue weighted by molar-refractivity contribution is -0.870. The zero-order valence-electron chi connectivity index (χ0n) is 51.5. The molecule has 0 aromatic rings. The minimum Gasteiger partial charge on any atom is -0.756 e. The largest absolute Gasteiger partial charge is 0.756 e. The van der Waals surface area contributed by atoms with Gasteiger partial charge in [-0.25, -0.2) is 0 Å². The van der Waals surface area contributed by atoms with E-state index >= 15 is 0 Å². The molecule has 0 fully saturated rings. The Morgan fingerprint density at radius 1 is 0.461 bits per heavy atom. The van der Waals surface area contributed by atoms with Crippen molar-refractivity contribution in [3.05, 3.63) is 36.5 Å². The van der Waals surface area contributed by atoms with E-state index in [0.29, 0.717) is 17.4 Å². The molecule has 9 heteroatoms. The maximum absolute atomic E-state index is 13.0. The predicted octanol–water partition coefficient (Wildman–Crippen LogP) is 20.3. The first-order chi connectivity index (χ1) is 37.0. The molecular weight excluding hydrogens is 960 g/mol. The number of rotatable bonds is 62. The topological polar surface area (TPSA) is 108 Å². The number of allylic oxidation sites excluding steroid dienone is 5. The second-order valence-corrected chi connectivity index (χ2v) is 25.6. The number of amides is 1. The summed E-state index contributed by atoms with van der Waals surface area (Å²) < 4.78 is 23.3. The van der Waals surface area contributed by atoms with E-state index in [1.807, 2.05) is 27.2 Å². The third kappa shape index (κ3) is 60.4. The summed E-state index contributed by atoms with van der Waals surface area (Å²) in [6.07, 6.45) is 77.1. The van der Waals surface area contributed by atoms with Gasteiger partial charge in [0, 0.05) is 6.42 Å². The number of carbonyl (C=O) groups is 1. The molecule has 0 aromatic heterocycles. The fourth-order valence-electron chi connectivity index (χ4n) is 10.1. The molecule has 3 atom stereocenters. The van der Waals surface area contributed by atoms with Crippen LogP contribution in [0.15, 0.2) is 36.5 Å². The number of nitrogens with one attached hydrogen (secondary N) is 1. The lowest BCUT2D eigenvalue weighted by atomic mass is 10.0. The van der Waals surface area contributed by atoms with Crippen LogP contribution in [0.2, 0.25) is 0 Å². The van der Waals surface area contributed by atoms with Crippen molar-refractivity contribution in [2.24, 2.45) is 0 Å². The molecule has 0 aliphatic heterocycles. The average Bonchev–Trinajstić information content (AvgIpc) is 3.38. The Hall–Kier alpha value is -1.28. The molecule has 0 heterocycles. The molecule has 0 aliphatic carbocycles. The van der Waals surface area contributed by atoms with Crippen molar-refractivity contribution < 1.29 is 32.9 Å². The summed E-state index contributed by atoms with van der Waals surface area (Å²) in [7, 11) is 1.28. The molecular formula is C67H131N2O6P. The molecule has 0 spiro atoms. The van der Waals surface area contributed by atoms with Crippen LogP contribution >= 0.6 is 7.82 Å². The van der Waals surface area contributed by atoms with E-state index in [1.54, 1.807) is 6.08 Å². The lowest BCUT2D eigenvalue weighted by Crippen LogP contribution is -2.45. The number of aliphatic hydroxyl groups is 1. The summed E-state index contributed by atoms with van der Waals surface area (Å²) >= 11 is 0. The summed E-state index contributed by atoms with van der Waals surface area (Å²) in [6.45, 7) is 4.67. The highest BCUT2D eigenvalue weighted by Crippen LogP contribution is 2.38. The van der Waals surface area contributed by atoms with Crippen molar-refractivity contribution >= 4 is 13.7 Å². The van der Waals surface area contributed by atoms with Gasteiger partial charge in [-0.05, 0) is 51.4 Å². The van der Waals surface area contributed by atoms with Crippen LogP contribution in [0.1, 0.15) is 335 Å². The molecule has 450 valence electrons. The van der Waals surface area contributed by atoms with E-state index in [9.17, 15) is 19.4 Å². The van der Waals surface area contributed by atoms with Gasteiger partial charge in [-0.1, -0.05) is 314 Å². The molecule has 0 radical (unpaired) electrons. The fraction of sp³-hybridized carbons (Fsp3) is 0.896. The number of unbranched alkanes of at least 4 members (excludes halogenated alkanes) is 45. The van der Waals surface area contributed by atoms with Gasteiger partial charge >= 0.3 is 0 Å². The number of hydrogen-bond acceptors (Lipinski definition) is 6. The van der Waals surface area contributed by atoms with Gasteiger partial charge in [0.1, 0.15) is 13.2 Å². The molecule has 3 unspecified atom stereocenters. The molecule has 0 bridgehead atoms. The summed E-state index contributed by atoms with van der Waals surface area (Å²) in [5.41, 5.74) is 0. The van der Waals surface area contributed by atoms with Gasteiger partial charge in [0.15, 0.2) is 0 Å². The van der Waals surface area contributed by atoms with Crippen LogP contribution in [0.25, 0.3) is 0 Å². The minimum absolute atomic E-state index is 0.00137. The van der Waals surface area contributed by atoms with Crippen LogP contribution in [0, 0.1) is 0 Å². The number of quaternary nitrogens is 1. The Morgan fingerprint density at radius 2 is 0.763 bits per heavy atom. The van der Waals surface area contributed by atoms with Gasteiger partial charge in [-0.15, -0.1) is 0 Å². The Balaban J connectivity index is 3.82. The number of phosphoric ester groups is 1. The van der Waals surface area contributed by atoms with Gasteiger partial charge < -0.3 is 28.8 Å². The second-order valence-electron chi connectivity index (χ2n) is 24.2. The number of phosphoric acid groups is 1. The molecule has 76 heavy (non-hydrogen) atoms. The molecule has 0 saturated heterocycles. The van der Waals surface area contributed by atoms with E-state index < -0.39 is 20.0 Å². The Bertz CT molecular complexity index is 1330. The molecule has 0 aliphatic rings. The highest BCUT2D eigenvalue weighted by atomic mass is 31.2. The van der Waals surface area contributed by atoms with Crippen LogP contribution in [0.4, 0.5) is 0 Å². The van der Waals surface area contributed by atoms with Crippen molar-refractivity contribution in [2.45, 2.75) is 347 Å². The zero-order valence-corrected chi connectivity index (χ0v) is 52.4. The molecule has 2 N–H and O–H groups in total. The summed E-state index contributed by atoms with van der Waals surface area (Å²) in [6, 6.07) is -0.883. The van der Waals surface area contributed by atoms with Gasteiger partial charge in [0.05, 0.1) is 39.9 Å². The Morgan fingerprint density at radius 3 is 1.09 bits per heavy atom. The quantitative estimate of drug-likeness (QED) is 0.0272. The van der Waals surface area contributed by atoms with E-state index in [-0.39, 0.29) is 19.1 Å². The molecule has 0 aromatic carbocycles. The number of carbonyl (C=O) groups excluding carboxylic acids is 1. The second kappa shape index (κ2) is 58.4. The van der Waals surface area contributed by atoms with Crippen LogP contribution in [-0.4, -0.2) is 68.5 Å². The normalized spacial score (nSPS) is 13.9. The molecule has 8 nitrogen and oxygen atoms in total. The van der Waals surface area contributed by atoms with E-state index in [2.05, 4.69) is 43.5 Å². The van der Waals surface area contributed by atoms with Crippen molar-refractivity contribution in [1.29, 1.82) is 0 Å². The molecule has 1 amide bonds. The Labute approximate surface area is 474 Å². The van der Waals surface area contributed by atoms with Crippen LogP contribution in [-0.2, 0) is 18.4 Å². The minimum atomic E-state index is -4.59. The maximum atomic E-state index is 13.0. The smallest absolute Gasteiger partial charge is 0.268 e. The number of likely N-dealkylation sites (N-methyl/N-ethyl adjacent to an activating group) is 1. The van der Waals surface area contributed by atoms with Crippen molar-refractivity contribution in [3.8, 4) is 0 Å². The number of nitrogens with zero attached hydrogens (tertiary/aromatic N) is 1. The predicted molar refractivity (Wildman–Crippen MR) is 330 cm³/mol. The first-order valence-electron chi connectivity index (χ1n) is 33.4. The first kappa shape index (κ1) is 74.7. The van der Waals surface area contributed by atoms with Crippen LogP contribution in [0.3, 0.4) is 0 Å². The first-order valence-corrected chi connectivity index (χ1v) is 34.8. The van der Waals surface area contributed by atoms with E-state index in [4.69, 9.17) is 9.05 Å². The van der Waals surface area contributed by atoms with Gasteiger partial charge in [-0.2, -0.15) is 0 Å². The van der Waals surface area contributed by atoms with Crippen molar-refractivity contribution in [2.75, 3.05) is 40.9 Å². The van der Waals surface area contributed by atoms with Crippen molar-refractivity contribution in [1.82, 2.24) is 5.32 Å². The lowest BCUT2D eigenvalue weighted by Gasteiger charge is -2.29. The fourth-order valence-corrected chi connectivity index (χ4v) is 10.9. The third-order valence-electron chi connectivity index (χ3n) is 15.3. The monoisotopic (exact) mass is 1090 g/mol. The third-order valence-corrected chi connectivity index (χ3v) is 16.3. The van der Waals surface area contributed by atoms with Crippen LogP contribution < -0.4 is 10.2 Å². The highest BCUT2D eigenvalue weighted by molar-refractivity contribution is 7.45. The standard InChI is InChI=1S/C67H131N2O6P/c1-6-8-10-12-14-16-18-20-21-22-23-24-25-26-27-28-29-30-31-32-33-34-35-36-37-38-39-40-41-42-43-44-45-46-47-49-51-53-55-57-59-61-67(71)68-65(64-75-76(72,73)74-63-62-69(3,4)5)66(70)60-58-56-54-52-50-48-19-17-15-13-11-9-7-2/h18,20,22-23,58,60,65-66,70H,6-17,19,21,24-57,59,61-64H2,1-5H3,(H-,68,71,72,73)/b20-18-,23-22-,60-58+. The maximum Gasteiger partial charge on any atom is 0.268 e. The van der Waals surface area contributed by atoms with Gasteiger partial charge in [0.2, 0.25) is 5.91 Å². The van der Waals surface area contributed by atoms with E-state index in [1.165, 1.54) is 270 Å². The van der Waals surface area contributed by atoms with Crippen molar-refractivity contribution in [3.63, 3.8) is 0 Å². The number of hydrogen-bond donors (Lipinski definition) is 2. The SMILES string of the molecule is CCCCCCC/C=C\C/C=C\CCCCCCCCCCCCCCCCCCCCCCCCCCCCCCCC(=O)NC(COP(=O)([O-])OCC[N+](C)(C)C)C(O)/C=C/CCCCCCCCCCCCC. The number of aliphatic hydroxyl groups excluding tert-OH is 1. The Kier molecular flexibility index (Phi) is 57.4. The average molecular weight is 1090 g/mol. The van der Waals surface area contributed by atoms with Gasteiger partial charge in [-0.3, -0.25) is 9.36 Å². The summed E-state index contributed by atoms with van der Waals surface area (Å²) in [5.74, 6) is -0.192. The van der Waals surface area contributed by atoms with Gasteiger partial charge in [0.25, 0.3) is 7.82 Å². The highest BCUT2D eigenvalue weighted by Gasteiger charge is 2.23. The van der Waals surface area contributed by atoms with E-state index in [0.717, 1.165) is 44.9 Å². The summed E-state index contributed by atoms with van der Waals surface area (Å²) in [4.78, 5) is 25.5. The zero-order chi connectivity index (χ0) is 55.6. The van der Waals surface area contributed by atoms with Crippen LogP contribution in [0.5, 0.6) is 0 Å².